The summed E-state index contributed by atoms with van der Waals surface area (Å²) in [6.45, 7) is 0. The highest BCUT2D eigenvalue weighted by Gasteiger charge is 2.20. The predicted octanol–water partition coefficient (Wildman–Crippen LogP) is 2.46. The van der Waals surface area contributed by atoms with Crippen LogP contribution in [0.25, 0.3) is 0 Å². The van der Waals surface area contributed by atoms with Gasteiger partial charge in [-0.2, -0.15) is 0 Å². The lowest BCUT2D eigenvalue weighted by atomic mass is 10.2. The highest BCUT2D eigenvalue weighted by Crippen LogP contribution is 2.23. The molecular weight excluding hydrogens is 134 g/mol. The maximum Gasteiger partial charge on any atom is 0.00696 e. The van der Waals surface area contributed by atoms with Crippen molar-refractivity contribution in [1.82, 2.24) is 5.32 Å². The van der Waals surface area contributed by atoms with Crippen molar-refractivity contribution in [3.63, 3.8) is 0 Å². The maximum atomic E-state index is 3.78. The highest BCUT2D eigenvalue weighted by molar-refractivity contribution is 4.81. The molecule has 64 valence electrons. The quantitative estimate of drug-likeness (QED) is 0.642. The zero-order chi connectivity index (χ0) is 7.52. The molecule has 2 rings (SSSR count). The first-order chi connectivity index (χ1) is 5.45. The summed E-state index contributed by atoms with van der Waals surface area (Å²) < 4.78 is 0. The number of hydrogen-bond donors (Lipinski definition) is 1. The average molecular weight is 153 g/mol. The van der Waals surface area contributed by atoms with Gasteiger partial charge in [0.25, 0.3) is 0 Å². The first kappa shape index (κ1) is 7.60. The van der Waals surface area contributed by atoms with Crippen LogP contribution < -0.4 is 5.32 Å². The molecule has 11 heavy (non-hydrogen) atoms. The van der Waals surface area contributed by atoms with E-state index in [4.69, 9.17) is 0 Å². The summed E-state index contributed by atoms with van der Waals surface area (Å²) in [5.74, 6) is 0. The molecule has 0 bridgehead atoms. The first-order valence-electron chi connectivity index (χ1n) is 5.21. The molecule has 0 atom stereocenters. The Kier molecular flexibility index (Phi) is 2.47. The topological polar surface area (TPSA) is 12.0 Å². The second-order valence-electron chi connectivity index (χ2n) is 4.13. The van der Waals surface area contributed by atoms with Crippen LogP contribution in [-0.4, -0.2) is 12.1 Å². The largest absolute Gasteiger partial charge is 0.311 e. The molecule has 0 amide bonds. The Bertz CT molecular complexity index is 96.0. The van der Waals surface area contributed by atoms with Crippen molar-refractivity contribution < 1.29 is 0 Å². The molecule has 0 aromatic carbocycles. The van der Waals surface area contributed by atoms with Crippen LogP contribution >= 0.6 is 0 Å². The van der Waals surface area contributed by atoms with Crippen molar-refractivity contribution >= 4 is 0 Å². The minimum Gasteiger partial charge on any atom is -0.311 e. The average Bonchev–Trinajstić information content (AvgIpc) is 2.60. The van der Waals surface area contributed by atoms with Gasteiger partial charge < -0.3 is 5.32 Å². The molecule has 0 spiro atoms. The van der Waals surface area contributed by atoms with Crippen molar-refractivity contribution in [2.24, 2.45) is 0 Å². The van der Waals surface area contributed by atoms with Crippen LogP contribution in [0.15, 0.2) is 0 Å². The summed E-state index contributed by atoms with van der Waals surface area (Å²) in [6.07, 6.45) is 11.6. The zero-order valence-electron chi connectivity index (χ0n) is 7.31. The van der Waals surface area contributed by atoms with E-state index >= 15 is 0 Å². The maximum absolute atomic E-state index is 3.78. The Hall–Kier alpha value is -0.0400. The zero-order valence-corrected chi connectivity index (χ0v) is 7.31. The van der Waals surface area contributed by atoms with Crippen LogP contribution in [0.4, 0.5) is 0 Å². The summed E-state index contributed by atoms with van der Waals surface area (Å²) in [5.41, 5.74) is 0. The Morgan fingerprint density at radius 2 is 1.00 bits per heavy atom. The van der Waals surface area contributed by atoms with E-state index in [0.29, 0.717) is 0 Å². The van der Waals surface area contributed by atoms with E-state index < -0.39 is 0 Å². The van der Waals surface area contributed by atoms with Crippen molar-refractivity contribution in [2.45, 2.75) is 63.5 Å². The lowest BCUT2D eigenvalue weighted by Crippen LogP contribution is -2.34. The van der Waals surface area contributed by atoms with Crippen LogP contribution in [0.5, 0.6) is 0 Å². The van der Waals surface area contributed by atoms with Crippen LogP contribution in [-0.2, 0) is 0 Å². The first-order valence-corrected chi connectivity index (χ1v) is 5.21. The molecule has 0 heterocycles. The molecule has 0 radical (unpaired) electrons. The molecule has 2 aliphatic rings. The van der Waals surface area contributed by atoms with Gasteiger partial charge in [-0.25, -0.2) is 0 Å². The Balaban J connectivity index is 1.71. The van der Waals surface area contributed by atoms with Crippen LogP contribution in [0, 0.1) is 0 Å². The predicted molar refractivity (Wildman–Crippen MR) is 47.6 cm³/mol. The van der Waals surface area contributed by atoms with Crippen molar-refractivity contribution in [1.29, 1.82) is 0 Å². The van der Waals surface area contributed by atoms with E-state index in [9.17, 15) is 0 Å². The molecular formula is C10H19N. The molecule has 2 saturated carbocycles. The van der Waals surface area contributed by atoms with Crippen molar-refractivity contribution in [3.8, 4) is 0 Å². The Labute approximate surface area is 69.6 Å². The standard InChI is InChI=1S/C10H19N/c1-2-6-9(5-1)11-10-7-3-4-8-10/h9-11H,1-8H2. The van der Waals surface area contributed by atoms with E-state index in [-0.39, 0.29) is 0 Å². The lowest BCUT2D eigenvalue weighted by Gasteiger charge is -2.17. The summed E-state index contributed by atoms with van der Waals surface area (Å²) in [5, 5.41) is 3.78. The molecule has 0 aromatic heterocycles. The van der Waals surface area contributed by atoms with Gasteiger partial charge in [0.05, 0.1) is 0 Å². The fourth-order valence-corrected chi connectivity index (χ4v) is 2.52. The molecule has 1 N–H and O–H groups in total. The molecule has 2 aliphatic carbocycles. The van der Waals surface area contributed by atoms with Crippen molar-refractivity contribution in [3.05, 3.63) is 0 Å². The third-order valence-electron chi connectivity index (χ3n) is 3.18. The van der Waals surface area contributed by atoms with Gasteiger partial charge in [0.1, 0.15) is 0 Å². The van der Waals surface area contributed by atoms with Crippen molar-refractivity contribution in [2.75, 3.05) is 0 Å². The number of nitrogens with one attached hydrogen (secondary N) is 1. The monoisotopic (exact) mass is 153 g/mol. The number of rotatable bonds is 2. The van der Waals surface area contributed by atoms with Gasteiger partial charge in [-0.3, -0.25) is 0 Å². The minimum atomic E-state index is 0.887. The molecule has 2 fully saturated rings. The van der Waals surface area contributed by atoms with Gasteiger partial charge in [0, 0.05) is 12.1 Å². The normalized spacial score (nSPS) is 28.4. The van der Waals surface area contributed by atoms with E-state index in [0.717, 1.165) is 12.1 Å². The highest BCUT2D eigenvalue weighted by atomic mass is 15.0. The van der Waals surface area contributed by atoms with Gasteiger partial charge >= 0.3 is 0 Å². The Morgan fingerprint density at radius 1 is 0.636 bits per heavy atom. The smallest absolute Gasteiger partial charge is 0.00696 e. The molecule has 1 heteroatoms. The van der Waals surface area contributed by atoms with E-state index in [1.165, 1.54) is 51.4 Å². The van der Waals surface area contributed by atoms with E-state index in [1.807, 2.05) is 0 Å². The van der Waals surface area contributed by atoms with Gasteiger partial charge in [-0.15, -0.1) is 0 Å². The second-order valence-corrected chi connectivity index (χ2v) is 4.13. The summed E-state index contributed by atoms with van der Waals surface area (Å²) in [7, 11) is 0. The van der Waals surface area contributed by atoms with Crippen LogP contribution in [0.3, 0.4) is 0 Å². The summed E-state index contributed by atoms with van der Waals surface area (Å²) in [4.78, 5) is 0. The van der Waals surface area contributed by atoms with Gasteiger partial charge in [0.2, 0.25) is 0 Å². The number of hydrogen-bond acceptors (Lipinski definition) is 1. The SMILES string of the molecule is C1CCC(NC2CCCC2)C1. The molecule has 0 saturated heterocycles. The van der Waals surface area contributed by atoms with Crippen LogP contribution in [0.1, 0.15) is 51.4 Å². The fourth-order valence-electron chi connectivity index (χ4n) is 2.52. The third kappa shape index (κ3) is 1.96. The van der Waals surface area contributed by atoms with Gasteiger partial charge in [-0.05, 0) is 25.7 Å². The molecule has 0 aromatic rings. The van der Waals surface area contributed by atoms with Crippen LogP contribution in [0.2, 0.25) is 0 Å². The van der Waals surface area contributed by atoms with Gasteiger partial charge in [-0.1, -0.05) is 25.7 Å². The second kappa shape index (κ2) is 3.57. The minimum absolute atomic E-state index is 0.887. The summed E-state index contributed by atoms with van der Waals surface area (Å²) >= 11 is 0. The van der Waals surface area contributed by atoms with Gasteiger partial charge in [0.15, 0.2) is 0 Å². The van der Waals surface area contributed by atoms with E-state index in [1.54, 1.807) is 0 Å². The fraction of sp³-hybridized carbons (Fsp3) is 1.00. The van der Waals surface area contributed by atoms with E-state index in [2.05, 4.69) is 5.32 Å². The lowest BCUT2D eigenvalue weighted by molar-refractivity contribution is 0.435. The molecule has 0 aliphatic heterocycles. The molecule has 0 unspecified atom stereocenters. The third-order valence-corrected chi connectivity index (χ3v) is 3.18. The Morgan fingerprint density at radius 3 is 1.36 bits per heavy atom. The summed E-state index contributed by atoms with van der Waals surface area (Å²) in [6, 6.07) is 1.77. The molecule has 1 nitrogen and oxygen atoms in total.